The Labute approximate surface area is 290 Å². The summed E-state index contributed by atoms with van der Waals surface area (Å²) in [6.07, 6.45) is 24.1. The molecule has 46 heavy (non-hydrogen) atoms. The molecule has 0 amide bonds. The summed E-state index contributed by atoms with van der Waals surface area (Å²) >= 11 is 6.52. The Morgan fingerprint density at radius 3 is 1.00 bits per heavy atom. The van der Waals surface area contributed by atoms with Gasteiger partial charge < -0.3 is 12.2 Å². The maximum atomic E-state index is 9.01. The van der Waals surface area contributed by atoms with Gasteiger partial charge in [-0.25, -0.2) is 0 Å². The zero-order valence-corrected chi connectivity index (χ0v) is 30.1. The number of hydrogen-bond donors (Lipinski definition) is 8. The van der Waals surface area contributed by atoms with E-state index in [4.69, 9.17) is 8.42 Å². The van der Waals surface area contributed by atoms with Gasteiger partial charge in [-0.1, -0.05) is 6.42 Å². The standard InChI is InChI=1S/C32H55N8.Al.ClO3S.H/c1-2-10-18-17(9-1)25-33-26(18)38-28-21-13-5-6-14-22(21)30(35-28)40-32-24-16-8-7-15-23(24)31(36-32)39-29-20-12-4-3-11-19(20)27(34-29)37-25;;1-4-5(2)3;/h9,17-40H,1-8,10-16H2;;;/q;+1;-1;. The molecule has 11 nitrogen and oxygen atoms in total. The average Bonchev–Trinajstić information content (AvgIpc) is 3.81. The number of rotatable bonds is 1. The molecule has 0 aromatic heterocycles. The Balaban J connectivity index is 0.000000583. The van der Waals surface area contributed by atoms with Crippen molar-refractivity contribution in [2.45, 2.75) is 150 Å². The van der Waals surface area contributed by atoms with Gasteiger partial charge >= 0.3 is 250 Å². The zero-order chi connectivity index (χ0) is 31.4. The van der Waals surface area contributed by atoms with Crippen LogP contribution in [-0.2, 0) is 23.1 Å². The molecule has 5 aliphatic heterocycles. The van der Waals surface area contributed by atoms with Crippen molar-refractivity contribution >= 4 is 39.1 Å². The summed E-state index contributed by atoms with van der Waals surface area (Å²) in [6.45, 7) is 0. The fourth-order valence-electron chi connectivity index (χ4n) is 12.2. The number of hydrogen-bond acceptors (Lipinski definition) is 12. The summed E-state index contributed by atoms with van der Waals surface area (Å²) in [5.41, 5.74) is 0. The molecule has 14 heteroatoms. The Morgan fingerprint density at radius 1 is 0.435 bits per heavy atom. The molecule has 17 atom stereocenters. The predicted octanol–water partition coefficient (Wildman–Crippen LogP) is 2.29. The number of halogens is 1. The van der Waals surface area contributed by atoms with Gasteiger partial charge in [0.25, 0.3) is 0 Å². The molecule has 8 N–H and O–H groups in total. The van der Waals surface area contributed by atoms with E-state index in [2.05, 4.69) is 74.4 Å². The minimum absolute atomic E-state index is 0.404. The van der Waals surface area contributed by atoms with Crippen molar-refractivity contribution < 1.29 is 12.2 Å². The van der Waals surface area contributed by atoms with E-state index >= 15 is 0 Å². The fourth-order valence-corrected chi connectivity index (χ4v) is 13.1. The molecule has 0 spiro atoms. The van der Waals surface area contributed by atoms with E-state index in [-0.39, 0.29) is 0 Å². The van der Waals surface area contributed by atoms with Gasteiger partial charge in [0.05, 0.1) is 11.0 Å². The van der Waals surface area contributed by atoms with E-state index in [1.807, 2.05) is 0 Å². The van der Waals surface area contributed by atoms with Crippen molar-refractivity contribution in [2.75, 3.05) is 0 Å². The Kier molecular flexibility index (Phi) is 10.6. The first kappa shape index (κ1) is 33.6. The number of nitrogens with one attached hydrogen (secondary N) is 8. The van der Waals surface area contributed by atoms with E-state index in [9.17, 15) is 0 Å². The second-order valence-electron chi connectivity index (χ2n) is 16.2. The molecule has 8 bridgehead atoms. The monoisotopic (exact) mass is 694 g/mol. The van der Waals surface area contributed by atoms with E-state index in [0.29, 0.717) is 49.3 Å². The van der Waals surface area contributed by atoms with Gasteiger partial charge in [-0.15, -0.1) is 0 Å². The van der Waals surface area contributed by atoms with Crippen LogP contribution in [0.15, 0.2) is 0 Å². The van der Waals surface area contributed by atoms with Gasteiger partial charge in [0.1, 0.15) is 0 Å². The van der Waals surface area contributed by atoms with E-state index in [1.54, 1.807) is 0 Å². The number of fused-ring (bicyclic) bond motifs is 20. The zero-order valence-electron chi connectivity index (χ0n) is 27.1. The Hall–Kier alpha value is 0.412. The molecule has 0 aromatic rings. The van der Waals surface area contributed by atoms with Crippen molar-refractivity contribution in [3.8, 4) is 0 Å². The first-order chi connectivity index (χ1) is 22.5. The molecule has 9 fully saturated rings. The SMILES string of the molecule is O=[S-](=O)OCl.[AlH+][CH]1CCCC2C3NC4NC(NC5NC(NC6NC(NC(N3)C12)C1CCCCC61)C1CCCCC51)C1CCCCC41. The quantitative estimate of drug-likeness (QED) is 0.152. The van der Waals surface area contributed by atoms with Gasteiger partial charge in [0.2, 0.25) is 0 Å². The van der Waals surface area contributed by atoms with Crippen LogP contribution in [0.25, 0.3) is 0 Å². The normalized spacial score (nSPS) is 52.9. The van der Waals surface area contributed by atoms with Gasteiger partial charge in [-0.2, -0.15) is 0 Å². The van der Waals surface area contributed by atoms with Gasteiger partial charge in [-0.05, 0) is 0 Å². The van der Waals surface area contributed by atoms with Crippen LogP contribution in [0, 0.1) is 47.3 Å². The molecule has 0 aromatic carbocycles. The summed E-state index contributed by atoms with van der Waals surface area (Å²) in [6, 6.07) is 0. The third-order valence-corrected chi connectivity index (χ3v) is 15.4. The molecule has 9 rings (SSSR count). The van der Waals surface area contributed by atoms with Crippen LogP contribution < -0.4 is 42.5 Å². The Bertz CT molecular complexity index is 1130. The van der Waals surface area contributed by atoms with Crippen molar-refractivity contribution in [2.24, 2.45) is 47.3 Å². The van der Waals surface area contributed by atoms with Crippen LogP contribution in [0.4, 0.5) is 0 Å². The molecule has 4 aliphatic carbocycles. The first-order valence-corrected chi connectivity index (χ1v) is 20.9. The molecular formula is C32H56AlClN8O3S. The summed E-state index contributed by atoms with van der Waals surface area (Å²) in [4.78, 5) is 0. The fraction of sp³-hybridized carbons (Fsp3) is 1.00. The van der Waals surface area contributed by atoms with Crippen LogP contribution in [-0.4, -0.2) is 65.6 Å². The third-order valence-electron chi connectivity index (χ3n) is 14.1. The van der Waals surface area contributed by atoms with Gasteiger partial charge in [0, 0.05) is 11.9 Å². The van der Waals surface area contributed by atoms with Crippen LogP contribution in [0.3, 0.4) is 0 Å². The van der Waals surface area contributed by atoms with Crippen molar-refractivity contribution in [1.82, 2.24) is 42.5 Å². The molecule has 5 saturated heterocycles. The van der Waals surface area contributed by atoms with Crippen LogP contribution in [0.2, 0.25) is 4.78 Å². The third kappa shape index (κ3) is 6.51. The van der Waals surface area contributed by atoms with Gasteiger partial charge in [0.15, 0.2) is 0 Å². The molecule has 17 unspecified atom stereocenters. The molecule has 0 radical (unpaired) electrons. The summed E-state index contributed by atoms with van der Waals surface area (Å²) in [5, 5.41) is 33.9. The second-order valence-corrected chi connectivity index (χ2v) is 18.2. The van der Waals surface area contributed by atoms with Crippen molar-refractivity contribution in [1.29, 1.82) is 0 Å². The second kappa shape index (κ2) is 14.6. The van der Waals surface area contributed by atoms with E-state index < -0.39 is 11.0 Å². The molecular weight excluding hydrogens is 639 g/mol. The molecule has 258 valence electrons. The van der Waals surface area contributed by atoms with Gasteiger partial charge in [-0.3, -0.25) is 0 Å². The van der Waals surface area contributed by atoms with Crippen molar-refractivity contribution in [3.63, 3.8) is 0 Å². The van der Waals surface area contributed by atoms with Crippen LogP contribution in [0.5, 0.6) is 0 Å². The summed E-state index contributed by atoms with van der Waals surface area (Å²) in [7, 11) is -2.56. The summed E-state index contributed by atoms with van der Waals surface area (Å²) < 4.78 is 22.0. The maximum absolute atomic E-state index is 9.01. The van der Waals surface area contributed by atoms with Crippen molar-refractivity contribution in [3.05, 3.63) is 0 Å². The van der Waals surface area contributed by atoms with E-state index in [0.717, 1.165) is 52.1 Å². The Morgan fingerprint density at radius 2 is 0.696 bits per heavy atom. The molecule has 4 saturated carbocycles. The van der Waals surface area contributed by atoms with E-state index in [1.165, 1.54) is 96.3 Å². The van der Waals surface area contributed by atoms with Crippen LogP contribution >= 0.6 is 11.9 Å². The molecule has 5 heterocycles. The average molecular weight is 695 g/mol. The molecule has 9 aliphatic rings. The minimum atomic E-state index is -2.56. The topological polar surface area (TPSA) is 140 Å². The summed E-state index contributed by atoms with van der Waals surface area (Å²) in [5.74, 6) is 5.91. The van der Waals surface area contributed by atoms with Crippen LogP contribution in [0.1, 0.15) is 96.3 Å². The predicted molar refractivity (Wildman–Crippen MR) is 179 cm³/mol. The first-order valence-electron chi connectivity index (χ1n) is 18.8.